The number of benzene rings is 1. The lowest BCUT2D eigenvalue weighted by Crippen LogP contribution is -2.42. The van der Waals surface area contributed by atoms with Crippen molar-refractivity contribution in [2.45, 2.75) is 44.7 Å². The van der Waals surface area contributed by atoms with Gasteiger partial charge in [0.25, 0.3) is 0 Å². The zero-order valence-corrected chi connectivity index (χ0v) is 16.6. The number of hydrogen-bond donors (Lipinski definition) is 1. The number of nitrogens with one attached hydrogen (secondary N) is 1. The number of hydrogen-bond acceptors (Lipinski definition) is 4. The Morgan fingerprint density at radius 3 is 2.48 bits per heavy atom. The third kappa shape index (κ3) is 5.96. The minimum absolute atomic E-state index is 0.0288. The molecule has 1 aliphatic carbocycles. The first kappa shape index (κ1) is 19.7. The number of anilines is 1. The summed E-state index contributed by atoms with van der Waals surface area (Å²) < 4.78 is 0. The van der Waals surface area contributed by atoms with Gasteiger partial charge in [-0.2, -0.15) is 0 Å². The van der Waals surface area contributed by atoms with Crippen LogP contribution in [0.3, 0.4) is 0 Å². The Bertz CT molecular complexity index is 653. The molecule has 0 unspecified atom stereocenters. The molecule has 0 bridgehead atoms. The molecule has 6 nitrogen and oxygen atoms in total. The van der Waals surface area contributed by atoms with Crippen molar-refractivity contribution in [2.75, 3.05) is 45.2 Å². The Balaban J connectivity index is 1.51. The third-order valence-corrected chi connectivity index (χ3v) is 5.28. The predicted molar refractivity (Wildman–Crippen MR) is 108 cm³/mol. The zero-order chi connectivity index (χ0) is 19.2. The predicted octanol–water partition coefficient (Wildman–Crippen LogP) is 1.85. The summed E-state index contributed by atoms with van der Waals surface area (Å²) in [4.78, 5) is 30.3. The molecule has 1 saturated carbocycles. The molecule has 0 spiro atoms. The van der Waals surface area contributed by atoms with Gasteiger partial charge in [-0.1, -0.05) is 18.2 Å². The standard InChI is InChI=1S/C21H32N4O2/c1-23(16-21(27)24(2)15-20(26)22-18-10-11-18)14-17-8-4-5-9-19(17)25-12-6-3-7-13-25/h4-5,8-9,18H,3,6-7,10-16H2,1-2H3,(H,22,26). The highest BCUT2D eigenvalue weighted by Gasteiger charge is 2.24. The van der Waals surface area contributed by atoms with Crippen LogP contribution >= 0.6 is 0 Å². The van der Waals surface area contributed by atoms with E-state index in [2.05, 4.69) is 34.5 Å². The molecule has 2 fully saturated rings. The van der Waals surface area contributed by atoms with E-state index in [1.54, 1.807) is 7.05 Å². The zero-order valence-electron chi connectivity index (χ0n) is 16.6. The van der Waals surface area contributed by atoms with Crippen LogP contribution in [0.2, 0.25) is 0 Å². The summed E-state index contributed by atoms with van der Waals surface area (Å²) in [5, 5.41) is 2.92. The fraction of sp³-hybridized carbons (Fsp3) is 0.619. The number of piperidine rings is 1. The molecule has 3 rings (SSSR count). The fourth-order valence-electron chi connectivity index (χ4n) is 3.59. The average molecular weight is 373 g/mol. The van der Waals surface area contributed by atoms with Gasteiger partial charge in [-0.05, 0) is 50.8 Å². The lowest BCUT2D eigenvalue weighted by Gasteiger charge is -2.31. The Morgan fingerprint density at radius 1 is 1.07 bits per heavy atom. The molecule has 2 aliphatic rings. The molecule has 2 amide bonds. The molecule has 1 N–H and O–H groups in total. The number of likely N-dealkylation sites (N-methyl/N-ethyl adjacent to an activating group) is 2. The average Bonchev–Trinajstić information content (AvgIpc) is 3.46. The normalized spacial score (nSPS) is 17.1. The van der Waals surface area contributed by atoms with Crippen molar-refractivity contribution in [3.8, 4) is 0 Å². The molecule has 1 aromatic carbocycles. The number of carbonyl (C=O) groups is 2. The quantitative estimate of drug-likeness (QED) is 0.757. The number of amides is 2. The summed E-state index contributed by atoms with van der Waals surface area (Å²) in [6, 6.07) is 8.81. The third-order valence-electron chi connectivity index (χ3n) is 5.28. The highest BCUT2D eigenvalue weighted by atomic mass is 16.2. The summed E-state index contributed by atoms with van der Waals surface area (Å²) in [7, 11) is 3.66. The smallest absolute Gasteiger partial charge is 0.239 e. The SMILES string of the molecule is CN(CC(=O)N(C)CC(=O)NC1CC1)Cc1ccccc1N1CCCCC1. The van der Waals surface area contributed by atoms with E-state index in [0.29, 0.717) is 12.6 Å². The molecule has 1 aliphatic heterocycles. The Hall–Kier alpha value is -2.08. The molecule has 1 saturated heterocycles. The molecule has 27 heavy (non-hydrogen) atoms. The molecule has 0 atom stereocenters. The summed E-state index contributed by atoms with van der Waals surface area (Å²) in [6.45, 7) is 3.38. The van der Waals surface area contributed by atoms with Crippen molar-refractivity contribution in [1.29, 1.82) is 0 Å². The Morgan fingerprint density at radius 2 is 1.78 bits per heavy atom. The first-order chi connectivity index (χ1) is 13.0. The second-order valence-electron chi connectivity index (χ2n) is 7.94. The van der Waals surface area contributed by atoms with E-state index in [-0.39, 0.29) is 18.4 Å². The van der Waals surface area contributed by atoms with E-state index in [0.717, 1.165) is 32.5 Å². The van der Waals surface area contributed by atoms with Crippen molar-refractivity contribution in [2.24, 2.45) is 0 Å². The minimum Gasteiger partial charge on any atom is -0.371 e. The van der Waals surface area contributed by atoms with E-state index in [4.69, 9.17) is 0 Å². The van der Waals surface area contributed by atoms with Gasteiger partial charge in [0.05, 0.1) is 13.1 Å². The molecule has 0 radical (unpaired) electrons. The molecule has 6 heteroatoms. The second kappa shape index (κ2) is 9.22. The van der Waals surface area contributed by atoms with Gasteiger partial charge in [0.2, 0.25) is 11.8 Å². The first-order valence-corrected chi connectivity index (χ1v) is 10.1. The van der Waals surface area contributed by atoms with Crippen molar-refractivity contribution in [1.82, 2.24) is 15.1 Å². The highest BCUT2D eigenvalue weighted by Crippen LogP contribution is 2.25. The number of carbonyl (C=O) groups excluding carboxylic acids is 2. The number of para-hydroxylation sites is 1. The van der Waals surface area contributed by atoms with Crippen LogP contribution in [0.5, 0.6) is 0 Å². The highest BCUT2D eigenvalue weighted by molar-refractivity contribution is 5.85. The second-order valence-corrected chi connectivity index (χ2v) is 7.94. The molecule has 1 heterocycles. The van der Waals surface area contributed by atoms with Crippen LogP contribution in [0.25, 0.3) is 0 Å². The van der Waals surface area contributed by atoms with Gasteiger partial charge in [-0.25, -0.2) is 0 Å². The van der Waals surface area contributed by atoms with Crippen LogP contribution < -0.4 is 10.2 Å². The van der Waals surface area contributed by atoms with Gasteiger partial charge >= 0.3 is 0 Å². The largest absolute Gasteiger partial charge is 0.371 e. The summed E-state index contributed by atoms with van der Waals surface area (Å²) in [5.41, 5.74) is 2.54. The van der Waals surface area contributed by atoms with Gasteiger partial charge in [0, 0.05) is 38.4 Å². The van der Waals surface area contributed by atoms with Gasteiger partial charge in [0.1, 0.15) is 0 Å². The van der Waals surface area contributed by atoms with Crippen LogP contribution in [0.1, 0.15) is 37.7 Å². The van der Waals surface area contributed by atoms with E-state index < -0.39 is 0 Å². The fourth-order valence-corrected chi connectivity index (χ4v) is 3.59. The first-order valence-electron chi connectivity index (χ1n) is 10.1. The lowest BCUT2D eigenvalue weighted by molar-refractivity contribution is -0.135. The van der Waals surface area contributed by atoms with Crippen LogP contribution in [0.15, 0.2) is 24.3 Å². The monoisotopic (exact) mass is 372 g/mol. The van der Waals surface area contributed by atoms with Crippen molar-refractivity contribution in [3.63, 3.8) is 0 Å². The maximum absolute atomic E-state index is 12.5. The molecular weight excluding hydrogens is 340 g/mol. The summed E-state index contributed by atoms with van der Waals surface area (Å²) in [6.07, 6.45) is 5.92. The van der Waals surface area contributed by atoms with Crippen LogP contribution in [0.4, 0.5) is 5.69 Å². The number of nitrogens with zero attached hydrogens (tertiary/aromatic N) is 3. The van der Waals surface area contributed by atoms with Gasteiger partial charge in [-0.3, -0.25) is 14.5 Å². The topological polar surface area (TPSA) is 55.9 Å². The van der Waals surface area contributed by atoms with Crippen molar-refractivity contribution < 1.29 is 9.59 Å². The Labute approximate surface area is 162 Å². The van der Waals surface area contributed by atoms with Crippen LogP contribution in [-0.4, -0.2) is 67.9 Å². The van der Waals surface area contributed by atoms with Crippen LogP contribution in [-0.2, 0) is 16.1 Å². The maximum Gasteiger partial charge on any atom is 0.239 e. The molecule has 0 aromatic heterocycles. The summed E-state index contributed by atoms with van der Waals surface area (Å²) >= 11 is 0. The van der Waals surface area contributed by atoms with E-state index >= 15 is 0 Å². The lowest BCUT2D eigenvalue weighted by atomic mass is 10.1. The molecule has 1 aromatic rings. The molecular formula is C21H32N4O2. The van der Waals surface area contributed by atoms with Crippen LogP contribution in [0, 0.1) is 0 Å². The van der Waals surface area contributed by atoms with Gasteiger partial charge in [0.15, 0.2) is 0 Å². The number of rotatable bonds is 8. The molecule has 148 valence electrons. The van der Waals surface area contributed by atoms with Crippen molar-refractivity contribution >= 4 is 17.5 Å². The van der Waals surface area contributed by atoms with E-state index in [9.17, 15) is 9.59 Å². The van der Waals surface area contributed by atoms with E-state index in [1.807, 2.05) is 11.9 Å². The maximum atomic E-state index is 12.5. The summed E-state index contributed by atoms with van der Waals surface area (Å²) in [5.74, 6) is -0.0923. The van der Waals surface area contributed by atoms with Gasteiger partial charge in [-0.15, -0.1) is 0 Å². The minimum atomic E-state index is -0.0635. The van der Waals surface area contributed by atoms with E-state index in [1.165, 1.54) is 35.4 Å². The Kier molecular flexibility index (Phi) is 6.72. The van der Waals surface area contributed by atoms with Crippen molar-refractivity contribution in [3.05, 3.63) is 29.8 Å². The van der Waals surface area contributed by atoms with Gasteiger partial charge < -0.3 is 15.1 Å².